The van der Waals surface area contributed by atoms with Crippen molar-refractivity contribution in [2.75, 3.05) is 25.0 Å². The maximum absolute atomic E-state index is 11.9. The highest BCUT2D eigenvalue weighted by atomic mass is 16.1. The molecule has 4 nitrogen and oxygen atoms in total. The van der Waals surface area contributed by atoms with Crippen LogP contribution in [0.15, 0.2) is 24.3 Å². The lowest BCUT2D eigenvalue weighted by atomic mass is 10.1. The van der Waals surface area contributed by atoms with Gasteiger partial charge in [0, 0.05) is 18.7 Å². The van der Waals surface area contributed by atoms with Crippen LogP contribution in [0.4, 0.5) is 5.69 Å². The number of hydrogen-bond acceptors (Lipinski definition) is 3. The van der Waals surface area contributed by atoms with E-state index < -0.39 is 0 Å². The number of carbonyl (C=O) groups is 1. The fraction of sp³-hybridized carbons (Fsp3) is 0.562. The van der Waals surface area contributed by atoms with Gasteiger partial charge in [0.1, 0.15) is 0 Å². The van der Waals surface area contributed by atoms with Crippen LogP contribution in [0.5, 0.6) is 0 Å². The Morgan fingerprint density at radius 2 is 2.05 bits per heavy atom. The summed E-state index contributed by atoms with van der Waals surface area (Å²) in [5.41, 5.74) is 7.48. The Morgan fingerprint density at radius 1 is 1.25 bits per heavy atom. The summed E-state index contributed by atoms with van der Waals surface area (Å²) in [5, 5.41) is 2.94. The summed E-state index contributed by atoms with van der Waals surface area (Å²) in [5.74, 6) is 0.0937. The van der Waals surface area contributed by atoms with Crippen molar-refractivity contribution in [1.29, 1.82) is 0 Å². The van der Waals surface area contributed by atoms with Gasteiger partial charge in [0.25, 0.3) is 0 Å². The highest BCUT2D eigenvalue weighted by molar-refractivity contribution is 5.90. The Labute approximate surface area is 121 Å². The molecule has 1 aromatic carbocycles. The van der Waals surface area contributed by atoms with Crippen LogP contribution in [0.25, 0.3) is 0 Å². The van der Waals surface area contributed by atoms with Crippen LogP contribution in [-0.4, -0.2) is 30.4 Å². The van der Waals surface area contributed by atoms with Crippen LogP contribution in [0.2, 0.25) is 0 Å². The molecule has 1 aliphatic rings. The summed E-state index contributed by atoms with van der Waals surface area (Å²) in [4.78, 5) is 14.4. The van der Waals surface area contributed by atoms with Crippen molar-refractivity contribution >= 4 is 11.6 Å². The van der Waals surface area contributed by atoms with Crippen molar-refractivity contribution in [2.45, 2.75) is 38.6 Å². The van der Waals surface area contributed by atoms with E-state index in [-0.39, 0.29) is 5.91 Å². The van der Waals surface area contributed by atoms with E-state index in [4.69, 9.17) is 5.73 Å². The van der Waals surface area contributed by atoms with E-state index in [0.29, 0.717) is 13.0 Å². The fourth-order valence-electron chi connectivity index (χ4n) is 2.65. The smallest absolute Gasteiger partial charge is 0.224 e. The molecule has 0 bridgehead atoms. The molecule has 1 heterocycles. The number of likely N-dealkylation sites (tertiary alicyclic amines) is 1. The Hall–Kier alpha value is -1.39. The van der Waals surface area contributed by atoms with Gasteiger partial charge in [0.2, 0.25) is 5.91 Å². The average molecular weight is 275 g/mol. The summed E-state index contributed by atoms with van der Waals surface area (Å²) < 4.78 is 0. The summed E-state index contributed by atoms with van der Waals surface area (Å²) in [6.07, 6.45) is 5.48. The second-order valence-electron chi connectivity index (χ2n) is 5.46. The normalized spacial score (nSPS) is 16.1. The number of amides is 1. The van der Waals surface area contributed by atoms with Gasteiger partial charge in [-0.3, -0.25) is 4.79 Å². The fourth-order valence-corrected chi connectivity index (χ4v) is 2.65. The van der Waals surface area contributed by atoms with Gasteiger partial charge in [0.15, 0.2) is 0 Å². The van der Waals surface area contributed by atoms with E-state index in [0.717, 1.165) is 24.2 Å². The first-order valence-electron chi connectivity index (χ1n) is 7.59. The average Bonchev–Trinajstić information content (AvgIpc) is 2.48. The SMILES string of the molecule is NCc1cccc(NC(=O)CCCN2CCCCC2)c1. The second-order valence-corrected chi connectivity index (χ2v) is 5.46. The molecule has 1 aliphatic heterocycles. The molecule has 1 aromatic rings. The monoisotopic (exact) mass is 275 g/mol. The van der Waals surface area contributed by atoms with E-state index in [1.807, 2.05) is 24.3 Å². The van der Waals surface area contributed by atoms with Gasteiger partial charge in [-0.1, -0.05) is 18.6 Å². The minimum absolute atomic E-state index is 0.0937. The highest BCUT2D eigenvalue weighted by Crippen LogP contribution is 2.12. The molecular formula is C16H25N3O. The van der Waals surface area contributed by atoms with E-state index >= 15 is 0 Å². The molecule has 0 aliphatic carbocycles. The minimum Gasteiger partial charge on any atom is -0.326 e. The Bertz CT molecular complexity index is 427. The molecule has 0 radical (unpaired) electrons. The summed E-state index contributed by atoms with van der Waals surface area (Å²) in [7, 11) is 0. The van der Waals surface area contributed by atoms with Gasteiger partial charge in [0.05, 0.1) is 0 Å². The third-order valence-corrected chi connectivity index (χ3v) is 3.77. The number of nitrogens with zero attached hydrogens (tertiary/aromatic N) is 1. The molecule has 1 fully saturated rings. The molecule has 4 heteroatoms. The van der Waals surface area contributed by atoms with E-state index in [1.165, 1.54) is 32.4 Å². The lowest BCUT2D eigenvalue weighted by Crippen LogP contribution is -2.31. The maximum atomic E-state index is 11.9. The van der Waals surface area contributed by atoms with E-state index in [9.17, 15) is 4.79 Å². The number of carbonyl (C=O) groups excluding carboxylic acids is 1. The van der Waals surface area contributed by atoms with Gasteiger partial charge in [-0.2, -0.15) is 0 Å². The zero-order valence-corrected chi connectivity index (χ0v) is 12.1. The van der Waals surface area contributed by atoms with Crippen LogP contribution in [-0.2, 0) is 11.3 Å². The molecule has 0 spiro atoms. The standard InChI is InChI=1S/C16H25N3O/c17-13-14-6-4-7-15(12-14)18-16(20)8-5-11-19-9-2-1-3-10-19/h4,6-7,12H,1-3,5,8-11,13,17H2,(H,18,20). The number of piperidine rings is 1. The second kappa shape index (κ2) is 8.02. The van der Waals surface area contributed by atoms with Crippen molar-refractivity contribution in [1.82, 2.24) is 4.90 Å². The number of hydrogen-bond donors (Lipinski definition) is 2. The van der Waals surface area contributed by atoms with Crippen LogP contribution >= 0.6 is 0 Å². The van der Waals surface area contributed by atoms with Gasteiger partial charge in [-0.25, -0.2) is 0 Å². The van der Waals surface area contributed by atoms with Crippen molar-refractivity contribution < 1.29 is 4.79 Å². The van der Waals surface area contributed by atoms with Crippen molar-refractivity contribution in [3.8, 4) is 0 Å². The van der Waals surface area contributed by atoms with Gasteiger partial charge in [-0.05, 0) is 56.6 Å². The van der Waals surface area contributed by atoms with Crippen LogP contribution < -0.4 is 11.1 Å². The Kier molecular flexibility index (Phi) is 6.02. The van der Waals surface area contributed by atoms with Gasteiger partial charge < -0.3 is 16.0 Å². The zero-order chi connectivity index (χ0) is 14.2. The topological polar surface area (TPSA) is 58.4 Å². The van der Waals surface area contributed by atoms with Crippen LogP contribution in [0.1, 0.15) is 37.7 Å². The van der Waals surface area contributed by atoms with E-state index in [2.05, 4.69) is 10.2 Å². The van der Waals surface area contributed by atoms with Gasteiger partial charge >= 0.3 is 0 Å². The van der Waals surface area contributed by atoms with E-state index in [1.54, 1.807) is 0 Å². The third kappa shape index (κ3) is 4.94. The van der Waals surface area contributed by atoms with Crippen molar-refractivity contribution in [3.63, 3.8) is 0 Å². The van der Waals surface area contributed by atoms with Crippen molar-refractivity contribution in [3.05, 3.63) is 29.8 Å². The summed E-state index contributed by atoms with van der Waals surface area (Å²) >= 11 is 0. The lowest BCUT2D eigenvalue weighted by Gasteiger charge is -2.26. The molecule has 1 saturated heterocycles. The molecular weight excluding hydrogens is 250 g/mol. The highest BCUT2D eigenvalue weighted by Gasteiger charge is 2.10. The number of benzene rings is 1. The first-order chi connectivity index (χ1) is 9.78. The quantitative estimate of drug-likeness (QED) is 0.838. The molecule has 0 unspecified atom stereocenters. The lowest BCUT2D eigenvalue weighted by molar-refractivity contribution is -0.116. The largest absolute Gasteiger partial charge is 0.326 e. The van der Waals surface area contributed by atoms with Crippen molar-refractivity contribution in [2.24, 2.45) is 5.73 Å². The van der Waals surface area contributed by atoms with Crippen LogP contribution in [0, 0.1) is 0 Å². The molecule has 1 amide bonds. The zero-order valence-electron chi connectivity index (χ0n) is 12.1. The third-order valence-electron chi connectivity index (χ3n) is 3.77. The molecule has 0 saturated carbocycles. The Balaban J connectivity index is 1.69. The first kappa shape index (κ1) is 15.0. The first-order valence-corrected chi connectivity index (χ1v) is 7.59. The summed E-state index contributed by atoms with van der Waals surface area (Å²) in [6, 6.07) is 7.72. The minimum atomic E-state index is 0.0937. The predicted molar refractivity (Wildman–Crippen MR) is 82.5 cm³/mol. The molecule has 20 heavy (non-hydrogen) atoms. The molecule has 2 rings (SSSR count). The Morgan fingerprint density at radius 3 is 2.80 bits per heavy atom. The molecule has 0 atom stereocenters. The molecule has 110 valence electrons. The number of nitrogens with one attached hydrogen (secondary N) is 1. The predicted octanol–water partition coefficient (Wildman–Crippen LogP) is 2.35. The molecule has 0 aromatic heterocycles. The van der Waals surface area contributed by atoms with Gasteiger partial charge in [-0.15, -0.1) is 0 Å². The van der Waals surface area contributed by atoms with Crippen LogP contribution in [0.3, 0.4) is 0 Å². The molecule has 3 N–H and O–H groups in total. The summed E-state index contributed by atoms with van der Waals surface area (Å²) in [6.45, 7) is 3.93. The number of rotatable bonds is 6. The number of anilines is 1. The number of nitrogens with two attached hydrogens (primary N) is 1. The maximum Gasteiger partial charge on any atom is 0.224 e.